The van der Waals surface area contributed by atoms with Gasteiger partial charge in [-0.15, -0.1) is 0 Å². The Morgan fingerprint density at radius 1 is 1.43 bits per heavy atom. The Morgan fingerprint density at radius 3 is 2.81 bits per heavy atom. The number of anilines is 1. The van der Waals surface area contributed by atoms with E-state index in [1.165, 1.54) is 0 Å². The van der Waals surface area contributed by atoms with Gasteiger partial charge in [-0.25, -0.2) is 0 Å². The molecule has 1 unspecified atom stereocenters. The summed E-state index contributed by atoms with van der Waals surface area (Å²) < 4.78 is 10.9. The lowest BCUT2D eigenvalue weighted by Crippen LogP contribution is -2.48. The van der Waals surface area contributed by atoms with Crippen LogP contribution in [-0.2, 0) is 9.53 Å². The second kappa shape index (κ2) is 8.00. The third-order valence-electron chi connectivity index (χ3n) is 3.32. The van der Waals surface area contributed by atoms with E-state index >= 15 is 0 Å². The zero-order chi connectivity index (χ0) is 15.1. The van der Waals surface area contributed by atoms with E-state index in [1.54, 1.807) is 0 Å². The summed E-state index contributed by atoms with van der Waals surface area (Å²) in [5.74, 6) is 1.39. The number of benzene rings is 1. The molecule has 0 saturated carbocycles. The Kier molecular flexibility index (Phi) is 6.02. The van der Waals surface area contributed by atoms with E-state index in [0.29, 0.717) is 32.3 Å². The summed E-state index contributed by atoms with van der Waals surface area (Å²) in [7, 11) is 0. The number of ether oxygens (including phenoxy) is 2. The molecule has 2 rings (SSSR count). The summed E-state index contributed by atoms with van der Waals surface area (Å²) in [6.45, 7) is 6.85. The Hall–Kier alpha value is -1.59. The maximum atomic E-state index is 12.0. The molecule has 21 heavy (non-hydrogen) atoms. The average Bonchev–Trinajstić information content (AvgIpc) is 2.49. The van der Waals surface area contributed by atoms with Gasteiger partial charge in [-0.1, -0.05) is 13.8 Å². The van der Waals surface area contributed by atoms with Crippen LogP contribution < -0.4 is 15.4 Å². The smallest absolute Gasteiger partial charge is 0.243 e. The third kappa shape index (κ3) is 5.36. The molecular formula is C16H24N2O3. The molecule has 1 heterocycles. The van der Waals surface area contributed by atoms with E-state index in [9.17, 15) is 4.79 Å². The summed E-state index contributed by atoms with van der Waals surface area (Å²) in [5, 5.41) is 6.00. The van der Waals surface area contributed by atoms with Crippen molar-refractivity contribution >= 4 is 11.6 Å². The SMILES string of the molecule is CC(C)CCOc1ccc(NC(=O)C2COCCN2)cc1. The predicted octanol–water partition coefficient (Wildman–Crippen LogP) is 2.04. The van der Waals surface area contributed by atoms with Gasteiger partial charge in [-0.05, 0) is 36.6 Å². The van der Waals surface area contributed by atoms with Gasteiger partial charge in [0.25, 0.3) is 0 Å². The van der Waals surface area contributed by atoms with Crippen molar-refractivity contribution in [1.29, 1.82) is 0 Å². The standard InChI is InChI=1S/C16H24N2O3/c1-12(2)7-9-21-14-5-3-13(4-6-14)18-16(19)15-11-20-10-8-17-15/h3-6,12,15,17H,7-11H2,1-2H3,(H,18,19). The molecular weight excluding hydrogens is 268 g/mol. The molecule has 0 spiro atoms. The first-order chi connectivity index (χ1) is 10.1. The van der Waals surface area contributed by atoms with E-state index in [4.69, 9.17) is 9.47 Å². The molecule has 1 atom stereocenters. The second-order valence-corrected chi connectivity index (χ2v) is 5.63. The molecule has 116 valence electrons. The molecule has 1 aliphatic heterocycles. The van der Waals surface area contributed by atoms with Crippen LogP contribution in [0.2, 0.25) is 0 Å². The summed E-state index contributed by atoms with van der Waals surface area (Å²) in [6, 6.07) is 7.18. The van der Waals surface area contributed by atoms with Crippen LogP contribution in [-0.4, -0.2) is 38.3 Å². The Balaban J connectivity index is 1.80. The molecule has 0 aromatic heterocycles. The number of nitrogens with one attached hydrogen (secondary N) is 2. The molecule has 1 aromatic carbocycles. The average molecular weight is 292 g/mol. The van der Waals surface area contributed by atoms with Crippen LogP contribution in [0.5, 0.6) is 5.75 Å². The highest BCUT2D eigenvalue weighted by Gasteiger charge is 2.20. The molecule has 5 nitrogen and oxygen atoms in total. The maximum absolute atomic E-state index is 12.0. The highest BCUT2D eigenvalue weighted by Crippen LogP contribution is 2.16. The highest BCUT2D eigenvalue weighted by molar-refractivity contribution is 5.95. The molecule has 1 aliphatic rings. The molecule has 1 fully saturated rings. The van der Waals surface area contributed by atoms with Gasteiger partial charge in [0.2, 0.25) is 5.91 Å². The molecule has 0 radical (unpaired) electrons. The van der Waals surface area contributed by atoms with Crippen molar-refractivity contribution in [2.45, 2.75) is 26.3 Å². The zero-order valence-electron chi connectivity index (χ0n) is 12.7. The van der Waals surface area contributed by atoms with Crippen LogP contribution in [0.15, 0.2) is 24.3 Å². The first kappa shape index (κ1) is 15.8. The first-order valence-corrected chi connectivity index (χ1v) is 7.50. The molecule has 0 bridgehead atoms. The maximum Gasteiger partial charge on any atom is 0.243 e. The van der Waals surface area contributed by atoms with Gasteiger partial charge in [0.05, 0.1) is 19.8 Å². The lowest BCUT2D eigenvalue weighted by atomic mass is 10.1. The summed E-state index contributed by atoms with van der Waals surface area (Å²) in [6.07, 6.45) is 1.03. The monoisotopic (exact) mass is 292 g/mol. The van der Waals surface area contributed by atoms with Gasteiger partial charge in [0.1, 0.15) is 11.8 Å². The highest BCUT2D eigenvalue weighted by atomic mass is 16.5. The summed E-state index contributed by atoms with van der Waals surface area (Å²) >= 11 is 0. The normalized spacial score (nSPS) is 18.5. The minimum Gasteiger partial charge on any atom is -0.494 e. The summed E-state index contributed by atoms with van der Waals surface area (Å²) in [5.41, 5.74) is 0.767. The molecule has 0 aliphatic carbocycles. The van der Waals surface area contributed by atoms with E-state index in [1.807, 2.05) is 24.3 Å². The fraction of sp³-hybridized carbons (Fsp3) is 0.562. The molecule has 5 heteroatoms. The number of hydrogen-bond acceptors (Lipinski definition) is 4. The van der Waals surface area contributed by atoms with Crippen molar-refractivity contribution in [2.75, 3.05) is 31.7 Å². The molecule has 2 N–H and O–H groups in total. The minimum atomic E-state index is -0.277. The number of carbonyl (C=O) groups excluding carboxylic acids is 1. The van der Waals surface area contributed by atoms with Gasteiger partial charge in [0, 0.05) is 12.2 Å². The number of morpholine rings is 1. The molecule has 1 aromatic rings. The number of carbonyl (C=O) groups is 1. The van der Waals surface area contributed by atoms with Gasteiger partial charge >= 0.3 is 0 Å². The van der Waals surface area contributed by atoms with E-state index < -0.39 is 0 Å². The largest absolute Gasteiger partial charge is 0.494 e. The number of amides is 1. The van der Waals surface area contributed by atoms with Crippen LogP contribution >= 0.6 is 0 Å². The Bertz CT molecular complexity index is 439. The fourth-order valence-electron chi connectivity index (χ4n) is 2.01. The quantitative estimate of drug-likeness (QED) is 0.842. The second-order valence-electron chi connectivity index (χ2n) is 5.63. The Labute approximate surface area is 126 Å². The van der Waals surface area contributed by atoms with Crippen molar-refractivity contribution in [3.8, 4) is 5.75 Å². The first-order valence-electron chi connectivity index (χ1n) is 7.50. The topological polar surface area (TPSA) is 59.6 Å². The van der Waals surface area contributed by atoms with Crippen LogP contribution in [0.25, 0.3) is 0 Å². The fourth-order valence-corrected chi connectivity index (χ4v) is 2.01. The third-order valence-corrected chi connectivity index (χ3v) is 3.32. The lowest BCUT2D eigenvalue weighted by molar-refractivity contribution is -0.120. The van der Waals surface area contributed by atoms with Crippen LogP contribution in [0.3, 0.4) is 0 Å². The summed E-state index contributed by atoms with van der Waals surface area (Å²) in [4.78, 5) is 12.0. The van der Waals surface area contributed by atoms with Gasteiger partial charge in [-0.2, -0.15) is 0 Å². The van der Waals surface area contributed by atoms with Crippen LogP contribution in [0.4, 0.5) is 5.69 Å². The van der Waals surface area contributed by atoms with Crippen molar-refractivity contribution in [3.63, 3.8) is 0 Å². The lowest BCUT2D eigenvalue weighted by Gasteiger charge is -2.22. The van der Waals surface area contributed by atoms with Gasteiger partial charge in [-0.3, -0.25) is 4.79 Å². The van der Waals surface area contributed by atoms with E-state index in [2.05, 4.69) is 24.5 Å². The number of hydrogen-bond donors (Lipinski definition) is 2. The van der Waals surface area contributed by atoms with Crippen molar-refractivity contribution in [1.82, 2.24) is 5.32 Å². The van der Waals surface area contributed by atoms with Crippen LogP contribution in [0, 0.1) is 5.92 Å². The number of rotatable bonds is 6. The Morgan fingerprint density at radius 2 is 2.19 bits per heavy atom. The minimum absolute atomic E-state index is 0.0665. The predicted molar refractivity (Wildman–Crippen MR) is 82.6 cm³/mol. The zero-order valence-corrected chi connectivity index (χ0v) is 12.7. The molecule has 1 amide bonds. The van der Waals surface area contributed by atoms with E-state index in [0.717, 1.165) is 17.9 Å². The van der Waals surface area contributed by atoms with Crippen LogP contribution in [0.1, 0.15) is 20.3 Å². The van der Waals surface area contributed by atoms with E-state index in [-0.39, 0.29) is 11.9 Å². The van der Waals surface area contributed by atoms with Gasteiger partial charge < -0.3 is 20.1 Å². The molecule has 1 saturated heterocycles. The van der Waals surface area contributed by atoms with Gasteiger partial charge in [0.15, 0.2) is 0 Å². The van der Waals surface area contributed by atoms with Crippen molar-refractivity contribution < 1.29 is 14.3 Å². The van der Waals surface area contributed by atoms with Crippen molar-refractivity contribution in [3.05, 3.63) is 24.3 Å². The van der Waals surface area contributed by atoms with Crippen molar-refractivity contribution in [2.24, 2.45) is 5.92 Å².